The van der Waals surface area contributed by atoms with Gasteiger partial charge in [-0.3, -0.25) is 15.1 Å². The molecule has 0 atom stereocenters. The van der Waals surface area contributed by atoms with Crippen LogP contribution in [0.2, 0.25) is 0 Å². The second kappa shape index (κ2) is 7.47. The van der Waals surface area contributed by atoms with E-state index in [1.54, 1.807) is 54.9 Å². The first-order valence-electron chi connectivity index (χ1n) is 7.13. The molecular formula is C15H13N5O3S2. The topological polar surface area (TPSA) is 114 Å². The number of sulfonamides is 1. The Balaban J connectivity index is 1.67. The zero-order valence-electron chi connectivity index (χ0n) is 12.8. The zero-order chi connectivity index (χ0) is 17.7. The van der Waals surface area contributed by atoms with Crippen molar-refractivity contribution in [3.63, 3.8) is 0 Å². The highest BCUT2D eigenvalue weighted by molar-refractivity contribution is 7.91. The number of hydrogen-bond acceptors (Lipinski definition) is 7. The van der Waals surface area contributed by atoms with Gasteiger partial charge in [-0.2, -0.15) is 0 Å². The molecule has 0 unspecified atom stereocenters. The highest BCUT2D eigenvalue weighted by Crippen LogP contribution is 2.20. The van der Waals surface area contributed by atoms with E-state index in [4.69, 9.17) is 0 Å². The van der Waals surface area contributed by atoms with E-state index in [0.29, 0.717) is 5.56 Å². The van der Waals surface area contributed by atoms with Crippen molar-refractivity contribution >= 4 is 32.4 Å². The molecule has 3 aromatic rings. The highest BCUT2D eigenvalue weighted by atomic mass is 32.2. The van der Waals surface area contributed by atoms with Gasteiger partial charge in [0, 0.05) is 24.5 Å². The molecule has 2 heterocycles. The quantitative estimate of drug-likeness (QED) is 0.634. The maximum Gasteiger partial charge on any atom is 0.270 e. The summed E-state index contributed by atoms with van der Waals surface area (Å²) >= 11 is 0.781. The monoisotopic (exact) mass is 375 g/mol. The van der Waals surface area contributed by atoms with Crippen LogP contribution in [0.15, 0.2) is 59.2 Å². The van der Waals surface area contributed by atoms with Crippen molar-refractivity contribution in [2.75, 3.05) is 5.32 Å². The first-order valence-corrected chi connectivity index (χ1v) is 9.43. The lowest BCUT2D eigenvalue weighted by Crippen LogP contribution is -2.23. The molecule has 0 radical (unpaired) electrons. The Morgan fingerprint density at radius 3 is 2.48 bits per heavy atom. The van der Waals surface area contributed by atoms with E-state index in [0.717, 1.165) is 16.9 Å². The molecule has 0 aliphatic heterocycles. The Labute approximate surface area is 148 Å². The normalized spacial score (nSPS) is 11.2. The minimum Gasteiger partial charge on any atom is -0.296 e. The zero-order valence-corrected chi connectivity index (χ0v) is 14.4. The maximum atomic E-state index is 12.2. The predicted octanol–water partition coefficient (Wildman–Crippen LogP) is 1.66. The Morgan fingerprint density at radius 1 is 1.04 bits per heavy atom. The van der Waals surface area contributed by atoms with Crippen LogP contribution in [0.1, 0.15) is 15.9 Å². The third kappa shape index (κ3) is 4.44. The summed E-state index contributed by atoms with van der Waals surface area (Å²) in [5, 5.41) is 9.99. The molecular weight excluding hydrogens is 362 g/mol. The van der Waals surface area contributed by atoms with Crippen LogP contribution >= 0.6 is 11.3 Å². The van der Waals surface area contributed by atoms with Crippen LogP contribution in [-0.2, 0) is 16.6 Å². The maximum absolute atomic E-state index is 12.2. The van der Waals surface area contributed by atoms with Crippen LogP contribution in [0.3, 0.4) is 0 Å². The average Bonchev–Trinajstić information content (AvgIpc) is 3.11. The molecule has 0 aliphatic carbocycles. The molecule has 25 heavy (non-hydrogen) atoms. The van der Waals surface area contributed by atoms with Gasteiger partial charge >= 0.3 is 0 Å². The number of pyridine rings is 1. The van der Waals surface area contributed by atoms with E-state index >= 15 is 0 Å². The van der Waals surface area contributed by atoms with Gasteiger partial charge in [-0.1, -0.05) is 29.5 Å². The SMILES string of the molecule is O=C(Nc1nnc(S(=O)(=O)NCc2ccncc2)s1)c1ccccc1. The smallest absolute Gasteiger partial charge is 0.270 e. The van der Waals surface area contributed by atoms with Gasteiger partial charge in [0.25, 0.3) is 15.9 Å². The molecule has 0 spiro atoms. The summed E-state index contributed by atoms with van der Waals surface area (Å²) < 4.78 is 26.7. The van der Waals surface area contributed by atoms with Gasteiger partial charge < -0.3 is 0 Å². The number of aromatic nitrogens is 3. The Hall–Kier alpha value is -2.69. The summed E-state index contributed by atoms with van der Waals surface area (Å²) in [7, 11) is -3.81. The lowest BCUT2D eigenvalue weighted by molar-refractivity contribution is 0.102. The molecule has 2 N–H and O–H groups in total. The molecule has 8 nitrogen and oxygen atoms in total. The van der Waals surface area contributed by atoms with Gasteiger partial charge in [-0.15, -0.1) is 10.2 Å². The summed E-state index contributed by atoms with van der Waals surface area (Å²) in [5.41, 5.74) is 1.21. The molecule has 0 saturated carbocycles. The molecule has 0 fully saturated rings. The number of rotatable bonds is 6. The molecule has 0 bridgehead atoms. The minimum absolute atomic E-state index is 0.107. The van der Waals surface area contributed by atoms with Gasteiger partial charge in [0.15, 0.2) is 0 Å². The summed E-state index contributed by atoms with van der Waals surface area (Å²) in [6.07, 6.45) is 3.15. The molecule has 10 heteroatoms. The summed E-state index contributed by atoms with van der Waals surface area (Å²) in [6.45, 7) is 0.107. The number of amides is 1. The van der Waals surface area contributed by atoms with Gasteiger partial charge in [-0.25, -0.2) is 13.1 Å². The number of benzene rings is 1. The van der Waals surface area contributed by atoms with Crippen LogP contribution in [0, 0.1) is 0 Å². The second-order valence-corrected chi connectivity index (χ2v) is 7.79. The number of carbonyl (C=O) groups excluding carboxylic acids is 1. The lowest BCUT2D eigenvalue weighted by atomic mass is 10.2. The Kier molecular flexibility index (Phi) is 5.12. The number of carbonyl (C=O) groups is 1. The third-order valence-corrected chi connectivity index (χ3v) is 5.72. The van der Waals surface area contributed by atoms with Crippen molar-refractivity contribution in [3.8, 4) is 0 Å². The lowest BCUT2D eigenvalue weighted by Gasteiger charge is -2.03. The van der Waals surface area contributed by atoms with Gasteiger partial charge in [0.05, 0.1) is 0 Å². The molecule has 1 amide bonds. The van der Waals surface area contributed by atoms with Crippen molar-refractivity contribution in [3.05, 3.63) is 66.0 Å². The van der Waals surface area contributed by atoms with E-state index < -0.39 is 10.0 Å². The van der Waals surface area contributed by atoms with Crippen LogP contribution in [0.4, 0.5) is 5.13 Å². The van der Waals surface area contributed by atoms with Crippen molar-refractivity contribution < 1.29 is 13.2 Å². The Bertz CT molecular complexity index is 959. The van der Waals surface area contributed by atoms with Gasteiger partial charge in [0.1, 0.15) is 0 Å². The van der Waals surface area contributed by atoms with Crippen LogP contribution in [0.25, 0.3) is 0 Å². The average molecular weight is 375 g/mol. The van der Waals surface area contributed by atoms with E-state index in [2.05, 4.69) is 25.2 Å². The van der Waals surface area contributed by atoms with Crippen molar-refractivity contribution in [1.29, 1.82) is 0 Å². The second-order valence-electron chi connectivity index (χ2n) is 4.87. The minimum atomic E-state index is -3.81. The van der Waals surface area contributed by atoms with Crippen molar-refractivity contribution in [2.24, 2.45) is 0 Å². The van der Waals surface area contributed by atoms with E-state index in [-0.39, 0.29) is 21.9 Å². The fourth-order valence-corrected chi connectivity index (χ4v) is 3.82. The molecule has 3 rings (SSSR count). The number of nitrogens with one attached hydrogen (secondary N) is 2. The number of nitrogens with zero attached hydrogens (tertiary/aromatic N) is 3. The fourth-order valence-electron chi connectivity index (χ4n) is 1.87. The van der Waals surface area contributed by atoms with Gasteiger partial charge in [-0.05, 0) is 29.8 Å². The highest BCUT2D eigenvalue weighted by Gasteiger charge is 2.20. The van der Waals surface area contributed by atoms with E-state index in [1.165, 1.54) is 0 Å². The fraction of sp³-hybridized carbons (Fsp3) is 0.0667. The summed E-state index contributed by atoms with van der Waals surface area (Å²) in [6, 6.07) is 11.9. The largest absolute Gasteiger partial charge is 0.296 e. The number of hydrogen-bond donors (Lipinski definition) is 2. The van der Waals surface area contributed by atoms with Crippen LogP contribution in [-0.4, -0.2) is 29.5 Å². The summed E-state index contributed by atoms with van der Waals surface area (Å²) in [4.78, 5) is 15.9. The molecule has 0 aliphatic rings. The van der Waals surface area contributed by atoms with Crippen molar-refractivity contribution in [2.45, 2.75) is 10.9 Å². The third-order valence-electron chi connectivity index (χ3n) is 3.11. The standard InChI is InChI=1S/C15H13N5O3S2/c21-13(12-4-2-1-3-5-12)18-14-19-20-15(24-14)25(22,23)17-10-11-6-8-16-9-7-11/h1-9,17H,10H2,(H,18,19,21). The molecule has 2 aromatic heterocycles. The predicted molar refractivity (Wildman–Crippen MR) is 92.6 cm³/mol. The van der Waals surface area contributed by atoms with Crippen LogP contribution in [0.5, 0.6) is 0 Å². The first-order chi connectivity index (χ1) is 12.0. The van der Waals surface area contributed by atoms with E-state index in [1.807, 2.05) is 0 Å². The first kappa shape index (κ1) is 17.1. The van der Waals surface area contributed by atoms with Crippen molar-refractivity contribution in [1.82, 2.24) is 19.9 Å². The summed E-state index contributed by atoms with van der Waals surface area (Å²) in [5.74, 6) is -0.384. The molecule has 1 aromatic carbocycles. The molecule has 0 saturated heterocycles. The van der Waals surface area contributed by atoms with Gasteiger partial charge in [0.2, 0.25) is 9.47 Å². The molecule has 128 valence electrons. The van der Waals surface area contributed by atoms with Crippen LogP contribution < -0.4 is 10.0 Å². The number of anilines is 1. The Morgan fingerprint density at radius 2 is 1.76 bits per heavy atom. The van der Waals surface area contributed by atoms with E-state index in [9.17, 15) is 13.2 Å².